The molecule has 0 saturated heterocycles. The highest BCUT2D eigenvalue weighted by molar-refractivity contribution is 9.10. The van der Waals surface area contributed by atoms with Crippen LogP contribution in [-0.2, 0) is 6.54 Å². The van der Waals surface area contributed by atoms with Gasteiger partial charge in [-0.05, 0) is 65.2 Å². The fourth-order valence-electron chi connectivity index (χ4n) is 2.14. The molecule has 3 nitrogen and oxygen atoms in total. The Morgan fingerprint density at radius 2 is 1.95 bits per heavy atom. The van der Waals surface area contributed by atoms with Gasteiger partial charge in [-0.2, -0.15) is 0 Å². The number of rotatable bonds is 5. The Labute approximate surface area is 129 Å². The fraction of sp³-hybridized carbons (Fsp3) is 0.312. The van der Waals surface area contributed by atoms with Crippen molar-refractivity contribution in [1.29, 1.82) is 0 Å². The van der Waals surface area contributed by atoms with E-state index in [0.717, 1.165) is 23.1 Å². The third-order valence-electron chi connectivity index (χ3n) is 3.34. The van der Waals surface area contributed by atoms with Crippen LogP contribution in [0.2, 0.25) is 0 Å². The Hall–Kier alpha value is -1.39. The fourth-order valence-corrected chi connectivity index (χ4v) is 2.79. The van der Waals surface area contributed by atoms with Gasteiger partial charge in [0.05, 0.1) is 5.69 Å². The summed E-state index contributed by atoms with van der Waals surface area (Å²) in [5.74, 6) is 0. The summed E-state index contributed by atoms with van der Waals surface area (Å²) in [6.07, 6.45) is 3.66. The molecule has 0 amide bonds. The third kappa shape index (κ3) is 3.58. The van der Waals surface area contributed by atoms with Gasteiger partial charge >= 0.3 is 0 Å². The van der Waals surface area contributed by atoms with E-state index in [0.29, 0.717) is 0 Å². The molecule has 0 fully saturated rings. The lowest BCUT2D eigenvalue weighted by Gasteiger charge is -2.25. The first-order chi connectivity index (χ1) is 9.61. The van der Waals surface area contributed by atoms with Crippen LogP contribution >= 0.6 is 15.9 Å². The predicted molar refractivity (Wildman–Crippen MR) is 87.7 cm³/mol. The molecule has 0 saturated carbocycles. The molecule has 1 atom stereocenters. The quantitative estimate of drug-likeness (QED) is 0.902. The Bertz CT molecular complexity index is 555. The molecule has 20 heavy (non-hydrogen) atoms. The van der Waals surface area contributed by atoms with Crippen LogP contribution in [0.5, 0.6) is 0 Å². The summed E-state index contributed by atoms with van der Waals surface area (Å²) in [4.78, 5) is 6.38. The van der Waals surface area contributed by atoms with Crippen LogP contribution in [0, 0.1) is 0 Å². The lowest BCUT2D eigenvalue weighted by Crippen LogP contribution is -2.22. The van der Waals surface area contributed by atoms with Crippen LogP contribution < -0.4 is 10.6 Å². The maximum absolute atomic E-state index is 5.92. The van der Waals surface area contributed by atoms with Crippen molar-refractivity contribution in [1.82, 2.24) is 4.98 Å². The first-order valence-corrected chi connectivity index (χ1v) is 7.60. The van der Waals surface area contributed by atoms with Crippen LogP contribution in [0.4, 0.5) is 5.69 Å². The molecule has 4 heteroatoms. The molecule has 0 bridgehead atoms. The summed E-state index contributed by atoms with van der Waals surface area (Å²) in [7, 11) is 0. The molecule has 0 spiro atoms. The standard InChI is InChI=1S/C16H20BrN3/c1-3-20(11-13-6-8-19-9-7-13)16-5-4-14(12(2)18)10-15(16)17/h4-10,12H,3,11,18H2,1-2H3/t12-/m0/s1. The van der Waals surface area contributed by atoms with Gasteiger partial charge in [0.2, 0.25) is 0 Å². The maximum atomic E-state index is 5.92. The summed E-state index contributed by atoms with van der Waals surface area (Å²) in [6, 6.07) is 10.5. The van der Waals surface area contributed by atoms with Gasteiger partial charge in [-0.15, -0.1) is 0 Å². The largest absolute Gasteiger partial charge is 0.367 e. The zero-order chi connectivity index (χ0) is 14.5. The van der Waals surface area contributed by atoms with Crippen molar-refractivity contribution in [3.63, 3.8) is 0 Å². The molecule has 1 aromatic carbocycles. The van der Waals surface area contributed by atoms with E-state index in [4.69, 9.17) is 5.73 Å². The number of anilines is 1. The molecule has 0 unspecified atom stereocenters. The number of nitrogens with zero attached hydrogens (tertiary/aromatic N) is 2. The van der Waals surface area contributed by atoms with Gasteiger partial charge in [-0.1, -0.05) is 6.07 Å². The molecule has 0 aliphatic heterocycles. The number of nitrogens with two attached hydrogens (primary N) is 1. The highest BCUT2D eigenvalue weighted by Gasteiger charge is 2.11. The molecular formula is C16H20BrN3. The third-order valence-corrected chi connectivity index (χ3v) is 3.98. The van der Waals surface area contributed by atoms with Crippen molar-refractivity contribution in [2.24, 2.45) is 5.73 Å². The Kier molecular flexibility index (Phi) is 5.15. The lowest BCUT2D eigenvalue weighted by atomic mass is 10.1. The minimum Gasteiger partial charge on any atom is -0.367 e. The zero-order valence-electron chi connectivity index (χ0n) is 11.9. The summed E-state index contributed by atoms with van der Waals surface area (Å²) >= 11 is 3.66. The van der Waals surface area contributed by atoms with Gasteiger partial charge in [0.25, 0.3) is 0 Å². The van der Waals surface area contributed by atoms with E-state index in [1.165, 1.54) is 11.3 Å². The number of aromatic nitrogens is 1. The molecule has 1 aromatic heterocycles. The molecule has 0 aliphatic carbocycles. The molecule has 2 rings (SSSR count). The number of halogens is 1. The highest BCUT2D eigenvalue weighted by Crippen LogP contribution is 2.29. The molecule has 1 heterocycles. The SMILES string of the molecule is CCN(Cc1ccncc1)c1ccc([C@H](C)N)cc1Br. The van der Waals surface area contributed by atoms with E-state index >= 15 is 0 Å². The lowest BCUT2D eigenvalue weighted by molar-refractivity contribution is 0.808. The van der Waals surface area contributed by atoms with Crippen LogP contribution in [0.3, 0.4) is 0 Å². The molecular weight excluding hydrogens is 314 g/mol. The van der Waals surface area contributed by atoms with Crippen molar-refractivity contribution in [2.45, 2.75) is 26.4 Å². The molecule has 2 aromatic rings. The molecule has 0 radical (unpaired) electrons. The maximum Gasteiger partial charge on any atom is 0.0513 e. The van der Waals surface area contributed by atoms with Gasteiger partial charge in [0.15, 0.2) is 0 Å². The number of benzene rings is 1. The Morgan fingerprint density at radius 3 is 2.50 bits per heavy atom. The van der Waals surface area contributed by atoms with E-state index in [2.05, 4.69) is 50.9 Å². The van der Waals surface area contributed by atoms with Crippen LogP contribution in [-0.4, -0.2) is 11.5 Å². The van der Waals surface area contributed by atoms with E-state index < -0.39 is 0 Å². The van der Waals surface area contributed by atoms with Gasteiger partial charge in [-0.3, -0.25) is 4.98 Å². The zero-order valence-corrected chi connectivity index (χ0v) is 13.5. The van der Waals surface area contributed by atoms with Gasteiger partial charge in [-0.25, -0.2) is 0 Å². The monoisotopic (exact) mass is 333 g/mol. The number of hydrogen-bond donors (Lipinski definition) is 1. The average Bonchev–Trinajstić information content (AvgIpc) is 2.46. The Morgan fingerprint density at radius 1 is 1.25 bits per heavy atom. The van der Waals surface area contributed by atoms with E-state index in [9.17, 15) is 0 Å². The average molecular weight is 334 g/mol. The van der Waals surface area contributed by atoms with Gasteiger partial charge in [0, 0.05) is 36.0 Å². The van der Waals surface area contributed by atoms with E-state index in [-0.39, 0.29) is 6.04 Å². The van der Waals surface area contributed by atoms with Gasteiger partial charge < -0.3 is 10.6 Å². The minimum atomic E-state index is 0.0515. The molecule has 2 N–H and O–H groups in total. The normalized spacial score (nSPS) is 12.2. The van der Waals surface area contributed by atoms with Crippen LogP contribution in [0.1, 0.15) is 31.0 Å². The summed E-state index contributed by atoms with van der Waals surface area (Å²) in [5.41, 5.74) is 9.51. The minimum absolute atomic E-state index is 0.0515. The molecule has 106 valence electrons. The summed E-state index contributed by atoms with van der Waals surface area (Å²) < 4.78 is 1.09. The molecule has 0 aliphatic rings. The van der Waals surface area contributed by atoms with Crippen molar-refractivity contribution in [3.8, 4) is 0 Å². The summed E-state index contributed by atoms with van der Waals surface area (Å²) in [5, 5.41) is 0. The van der Waals surface area contributed by atoms with E-state index in [1.54, 1.807) is 0 Å². The van der Waals surface area contributed by atoms with Crippen molar-refractivity contribution in [2.75, 3.05) is 11.4 Å². The summed E-state index contributed by atoms with van der Waals surface area (Å²) in [6.45, 7) is 5.97. The topological polar surface area (TPSA) is 42.2 Å². The number of pyridine rings is 1. The smallest absolute Gasteiger partial charge is 0.0513 e. The second-order valence-corrected chi connectivity index (χ2v) is 5.72. The van der Waals surface area contributed by atoms with Gasteiger partial charge in [0.1, 0.15) is 0 Å². The predicted octanol–water partition coefficient (Wildman–Crippen LogP) is 3.89. The van der Waals surface area contributed by atoms with E-state index in [1.807, 2.05) is 31.5 Å². The van der Waals surface area contributed by atoms with Crippen molar-refractivity contribution in [3.05, 3.63) is 58.3 Å². The van der Waals surface area contributed by atoms with Crippen LogP contribution in [0.15, 0.2) is 47.2 Å². The first kappa shape index (κ1) is 15.0. The first-order valence-electron chi connectivity index (χ1n) is 6.80. The number of hydrogen-bond acceptors (Lipinski definition) is 3. The Balaban J connectivity index is 2.23. The van der Waals surface area contributed by atoms with Crippen LogP contribution in [0.25, 0.3) is 0 Å². The second-order valence-electron chi connectivity index (χ2n) is 4.87. The second kappa shape index (κ2) is 6.86. The van der Waals surface area contributed by atoms with Crippen molar-refractivity contribution < 1.29 is 0 Å². The highest BCUT2D eigenvalue weighted by atomic mass is 79.9. The van der Waals surface area contributed by atoms with Crippen molar-refractivity contribution >= 4 is 21.6 Å².